The van der Waals surface area contributed by atoms with Gasteiger partial charge in [0, 0.05) is 38.9 Å². The number of nitrogens with one attached hydrogen (secondary N) is 1. The van der Waals surface area contributed by atoms with Crippen molar-refractivity contribution >= 4 is 11.6 Å². The van der Waals surface area contributed by atoms with Crippen molar-refractivity contribution in [3.05, 3.63) is 48.7 Å². The van der Waals surface area contributed by atoms with Crippen molar-refractivity contribution < 1.29 is 14.1 Å². The zero-order valence-corrected chi connectivity index (χ0v) is 17.4. The smallest absolute Gasteiger partial charge is 0.316 e. The first-order valence-electron chi connectivity index (χ1n) is 10.2. The normalized spacial score (nSPS) is 14.4. The van der Waals surface area contributed by atoms with Gasteiger partial charge in [-0.15, -0.1) is 0 Å². The molecule has 0 atom stereocenters. The maximum Gasteiger partial charge on any atom is 0.316 e. The minimum atomic E-state index is -0.381. The number of anilines is 1. The number of amides is 1. The molecular weight excluding hydrogens is 398 g/mol. The van der Waals surface area contributed by atoms with Gasteiger partial charge in [0.25, 0.3) is 0 Å². The highest BCUT2D eigenvalue weighted by Gasteiger charge is 2.20. The van der Waals surface area contributed by atoms with Crippen molar-refractivity contribution in [1.82, 2.24) is 30.3 Å². The van der Waals surface area contributed by atoms with Crippen LogP contribution < -0.4 is 15.0 Å². The fourth-order valence-corrected chi connectivity index (χ4v) is 3.53. The molecule has 10 heteroatoms. The molecule has 1 amide bonds. The molecule has 3 aromatic rings. The summed E-state index contributed by atoms with van der Waals surface area (Å²) < 4.78 is 10.5. The average Bonchev–Trinajstić information content (AvgIpc) is 3.33. The van der Waals surface area contributed by atoms with Crippen LogP contribution in [0.5, 0.6) is 5.75 Å². The summed E-state index contributed by atoms with van der Waals surface area (Å²) in [4.78, 5) is 29.0. The molecule has 3 heterocycles. The van der Waals surface area contributed by atoms with E-state index < -0.39 is 0 Å². The molecule has 31 heavy (non-hydrogen) atoms. The van der Waals surface area contributed by atoms with Gasteiger partial charge in [0.2, 0.25) is 5.82 Å². The number of benzene rings is 1. The number of nitrogens with zero attached hydrogens (tertiary/aromatic N) is 6. The number of hydrogen-bond donors (Lipinski definition) is 1. The molecular formula is C21H25N7O3. The number of para-hydroxylation sites is 2. The summed E-state index contributed by atoms with van der Waals surface area (Å²) in [6.07, 6.45) is 3.81. The number of carbonyl (C=O) groups excluding carboxylic acids is 1. The second-order valence-corrected chi connectivity index (χ2v) is 7.13. The predicted octanol–water partition coefficient (Wildman–Crippen LogP) is 1.48. The van der Waals surface area contributed by atoms with E-state index in [1.165, 1.54) is 6.33 Å². The summed E-state index contributed by atoms with van der Waals surface area (Å²) >= 11 is 0. The van der Waals surface area contributed by atoms with Gasteiger partial charge in [0.15, 0.2) is 0 Å². The van der Waals surface area contributed by atoms with Gasteiger partial charge in [0.1, 0.15) is 17.8 Å². The minimum Gasteiger partial charge on any atom is -0.495 e. The van der Waals surface area contributed by atoms with E-state index in [4.69, 9.17) is 9.26 Å². The van der Waals surface area contributed by atoms with Crippen molar-refractivity contribution in [2.24, 2.45) is 0 Å². The van der Waals surface area contributed by atoms with E-state index in [1.54, 1.807) is 19.4 Å². The third-order valence-corrected chi connectivity index (χ3v) is 5.17. The topological polar surface area (TPSA) is 110 Å². The second kappa shape index (κ2) is 9.98. The van der Waals surface area contributed by atoms with E-state index in [-0.39, 0.29) is 17.6 Å². The van der Waals surface area contributed by atoms with Crippen molar-refractivity contribution in [3.8, 4) is 17.3 Å². The number of rotatable bonds is 8. The maximum atomic E-state index is 12.2. The highest BCUT2D eigenvalue weighted by atomic mass is 16.5. The molecule has 1 saturated heterocycles. The highest BCUT2D eigenvalue weighted by molar-refractivity contribution is 5.89. The molecule has 0 bridgehead atoms. The lowest BCUT2D eigenvalue weighted by molar-refractivity contribution is 0.0907. The molecule has 2 aromatic heterocycles. The third kappa shape index (κ3) is 5.15. The molecule has 0 aliphatic carbocycles. The van der Waals surface area contributed by atoms with Crippen molar-refractivity contribution in [2.75, 3.05) is 51.3 Å². The zero-order valence-electron chi connectivity index (χ0n) is 17.4. The van der Waals surface area contributed by atoms with Gasteiger partial charge in [-0.2, -0.15) is 4.98 Å². The first kappa shape index (κ1) is 20.7. The van der Waals surface area contributed by atoms with Gasteiger partial charge >= 0.3 is 11.8 Å². The number of methoxy groups -OCH3 is 1. The zero-order chi connectivity index (χ0) is 21.5. The summed E-state index contributed by atoms with van der Waals surface area (Å²) in [7, 11) is 1.70. The lowest BCUT2D eigenvalue weighted by atomic mass is 10.2. The van der Waals surface area contributed by atoms with Gasteiger partial charge < -0.3 is 19.5 Å². The average molecular weight is 423 g/mol. The summed E-state index contributed by atoms with van der Waals surface area (Å²) in [6.45, 7) is 5.28. The van der Waals surface area contributed by atoms with Crippen LogP contribution in [0, 0.1) is 0 Å². The molecule has 162 valence electrons. The quantitative estimate of drug-likeness (QED) is 0.539. The Bertz CT molecular complexity index is 987. The van der Waals surface area contributed by atoms with Crippen LogP contribution in [0.1, 0.15) is 17.1 Å². The monoisotopic (exact) mass is 423 g/mol. The highest BCUT2D eigenvalue weighted by Crippen LogP contribution is 2.28. The molecule has 4 rings (SSSR count). The van der Waals surface area contributed by atoms with Crippen LogP contribution in [0.3, 0.4) is 0 Å². The Labute approximate surface area is 180 Å². The summed E-state index contributed by atoms with van der Waals surface area (Å²) in [5.41, 5.74) is 1.64. The fourth-order valence-electron chi connectivity index (χ4n) is 3.53. The molecule has 1 aliphatic rings. The van der Waals surface area contributed by atoms with Crippen LogP contribution in [0.2, 0.25) is 0 Å². The Balaban J connectivity index is 1.18. The standard InChI is InChI=1S/C21H25N7O3/c1-30-18-6-3-2-5-17(18)28-13-11-27(12-14-28)10-4-8-23-20(29)21-25-19(26-31-21)16-7-9-22-15-24-16/h2-3,5-7,9,15H,4,8,10-14H2,1H3,(H,23,29). The van der Waals surface area contributed by atoms with E-state index in [0.717, 1.165) is 50.6 Å². The van der Waals surface area contributed by atoms with Crippen LogP contribution in [-0.4, -0.2) is 77.3 Å². The molecule has 1 N–H and O–H groups in total. The first-order valence-corrected chi connectivity index (χ1v) is 10.2. The van der Waals surface area contributed by atoms with Crippen LogP contribution in [0.15, 0.2) is 47.4 Å². The minimum absolute atomic E-state index is 0.0703. The Morgan fingerprint density at radius 2 is 2.03 bits per heavy atom. The lowest BCUT2D eigenvalue weighted by Crippen LogP contribution is -2.47. The Kier molecular flexibility index (Phi) is 6.68. The summed E-state index contributed by atoms with van der Waals surface area (Å²) in [5.74, 6) is 0.718. The molecule has 0 radical (unpaired) electrons. The first-order chi connectivity index (χ1) is 15.2. The van der Waals surface area contributed by atoms with E-state index in [9.17, 15) is 4.79 Å². The maximum absolute atomic E-state index is 12.2. The van der Waals surface area contributed by atoms with Gasteiger partial charge in [-0.25, -0.2) is 9.97 Å². The van der Waals surface area contributed by atoms with E-state index >= 15 is 0 Å². The SMILES string of the molecule is COc1ccccc1N1CCN(CCCNC(=O)c2nc(-c3ccncn3)no2)CC1. The number of ether oxygens (including phenoxy) is 1. The van der Waals surface area contributed by atoms with E-state index in [1.807, 2.05) is 18.2 Å². The number of carbonyl (C=O) groups is 1. The van der Waals surface area contributed by atoms with Crippen LogP contribution >= 0.6 is 0 Å². The van der Waals surface area contributed by atoms with Gasteiger partial charge in [-0.1, -0.05) is 17.3 Å². The molecule has 10 nitrogen and oxygen atoms in total. The molecule has 1 aromatic carbocycles. The van der Waals surface area contributed by atoms with Crippen LogP contribution in [0.25, 0.3) is 11.5 Å². The summed E-state index contributed by atoms with van der Waals surface area (Å²) in [6, 6.07) is 9.76. The second-order valence-electron chi connectivity index (χ2n) is 7.13. The van der Waals surface area contributed by atoms with Gasteiger partial charge in [-0.05, 0) is 31.2 Å². The lowest BCUT2D eigenvalue weighted by Gasteiger charge is -2.36. The van der Waals surface area contributed by atoms with Crippen LogP contribution in [-0.2, 0) is 0 Å². The third-order valence-electron chi connectivity index (χ3n) is 5.17. The molecule has 0 spiro atoms. The van der Waals surface area contributed by atoms with Gasteiger partial charge in [-0.3, -0.25) is 9.69 Å². The molecule has 1 aliphatic heterocycles. The van der Waals surface area contributed by atoms with Crippen molar-refractivity contribution in [1.29, 1.82) is 0 Å². The molecule has 1 fully saturated rings. The Hall–Kier alpha value is -3.53. The van der Waals surface area contributed by atoms with Crippen molar-refractivity contribution in [2.45, 2.75) is 6.42 Å². The Morgan fingerprint density at radius 1 is 1.19 bits per heavy atom. The fraction of sp³-hybridized carbons (Fsp3) is 0.381. The largest absolute Gasteiger partial charge is 0.495 e. The van der Waals surface area contributed by atoms with Crippen LogP contribution in [0.4, 0.5) is 5.69 Å². The number of piperazine rings is 1. The van der Waals surface area contributed by atoms with E-state index in [2.05, 4.69) is 41.3 Å². The van der Waals surface area contributed by atoms with Crippen molar-refractivity contribution in [3.63, 3.8) is 0 Å². The molecule has 0 unspecified atom stereocenters. The number of aromatic nitrogens is 4. The van der Waals surface area contributed by atoms with Gasteiger partial charge in [0.05, 0.1) is 12.8 Å². The van der Waals surface area contributed by atoms with E-state index in [0.29, 0.717) is 12.2 Å². The predicted molar refractivity (Wildman–Crippen MR) is 114 cm³/mol. The molecule has 0 saturated carbocycles. The Morgan fingerprint density at radius 3 is 2.81 bits per heavy atom. The summed E-state index contributed by atoms with van der Waals surface area (Å²) in [5, 5.41) is 6.63. The number of hydrogen-bond acceptors (Lipinski definition) is 9.